The number of fused-ring (bicyclic) bond motifs is 1. The Labute approximate surface area is 227 Å². The molecule has 0 N–H and O–H groups in total. The fourth-order valence-electron chi connectivity index (χ4n) is 4.58. The molecule has 5 heteroatoms. The van der Waals surface area contributed by atoms with Gasteiger partial charge in [-0.1, -0.05) is 86.9 Å². The highest BCUT2D eigenvalue weighted by Gasteiger charge is 2.30. The van der Waals surface area contributed by atoms with Gasteiger partial charge in [0.15, 0.2) is 0 Å². The summed E-state index contributed by atoms with van der Waals surface area (Å²) in [5, 5.41) is 1.30. The maximum atomic E-state index is 15.2. The molecule has 0 saturated carbocycles. The monoisotopic (exact) mass is 532 g/mol. The molecule has 0 aliphatic rings. The van der Waals surface area contributed by atoms with Gasteiger partial charge in [-0.2, -0.15) is 0 Å². The van der Waals surface area contributed by atoms with E-state index in [0.29, 0.717) is 23.8 Å². The largest absolute Gasteiger partial charge is 0.573 e. The molecule has 0 amide bonds. The van der Waals surface area contributed by atoms with E-state index >= 15 is 4.39 Å². The molecule has 0 bridgehead atoms. The molecular weight excluding hydrogens is 500 g/mol. The number of rotatable bonds is 10. The Morgan fingerprint density at radius 3 is 2.03 bits per heavy atom. The quantitative estimate of drug-likeness (QED) is 0.112. The van der Waals surface area contributed by atoms with Crippen molar-refractivity contribution in [3.05, 3.63) is 112 Å². The van der Waals surface area contributed by atoms with E-state index in [-0.39, 0.29) is 11.6 Å². The Hall–Kier alpha value is -3.78. The average Bonchev–Trinajstić information content (AvgIpc) is 2.92. The molecular formula is C34H32F4O. The average molecular weight is 533 g/mol. The van der Waals surface area contributed by atoms with E-state index in [9.17, 15) is 13.2 Å². The molecule has 0 fully saturated rings. The summed E-state index contributed by atoms with van der Waals surface area (Å²) < 4.78 is 56.1. The van der Waals surface area contributed by atoms with Gasteiger partial charge in [-0.15, -0.1) is 13.2 Å². The van der Waals surface area contributed by atoms with Crippen LogP contribution in [0.4, 0.5) is 17.6 Å². The number of halogens is 4. The van der Waals surface area contributed by atoms with Crippen molar-refractivity contribution in [3.8, 4) is 17.6 Å². The molecule has 0 saturated heterocycles. The van der Waals surface area contributed by atoms with E-state index in [0.717, 1.165) is 28.5 Å². The van der Waals surface area contributed by atoms with Crippen molar-refractivity contribution in [1.82, 2.24) is 0 Å². The second kappa shape index (κ2) is 13.3. The Morgan fingerprint density at radius 1 is 0.667 bits per heavy atom. The summed E-state index contributed by atoms with van der Waals surface area (Å²) >= 11 is 0. The van der Waals surface area contributed by atoms with Gasteiger partial charge >= 0.3 is 6.36 Å². The smallest absolute Gasteiger partial charge is 0.406 e. The lowest BCUT2D eigenvalue weighted by molar-refractivity contribution is -0.274. The molecule has 0 heterocycles. The van der Waals surface area contributed by atoms with Crippen LogP contribution < -0.4 is 4.74 Å². The first-order valence-electron chi connectivity index (χ1n) is 13.5. The highest BCUT2D eigenvalue weighted by atomic mass is 19.4. The first-order chi connectivity index (χ1) is 18.8. The normalized spacial score (nSPS) is 11.3. The van der Waals surface area contributed by atoms with Crippen LogP contribution in [-0.2, 0) is 19.3 Å². The molecule has 0 aliphatic carbocycles. The molecule has 0 radical (unpaired) electrons. The third-order valence-electron chi connectivity index (χ3n) is 6.75. The molecule has 0 spiro atoms. The highest BCUT2D eigenvalue weighted by molar-refractivity contribution is 5.85. The van der Waals surface area contributed by atoms with Crippen molar-refractivity contribution >= 4 is 10.8 Å². The zero-order valence-electron chi connectivity index (χ0n) is 22.1. The number of unbranched alkanes of at least 4 members (excludes halogenated alkanes) is 4. The van der Waals surface area contributed by atoms with Crippen LogP contribution in [0.15, 0.2) is 78.9 Å². The van der Waals surface area contributed by atoms with Crippen LogP contribution in [0.25, 0.3) is 10.8 Å². The number of hydrogen-bond donors (Lipinski definition) is 0. The zero-order chi connectivity index (χ0) is 27.7. The highest BCUT2D eigenvalue weighted by Crippen LogP contribution is 2.25. The fourth-order valence-corrected chi connectivity index (χ4v) is 4.58. The number of ether oxygens (including phenoxy) is 1. The second-order valence-electron chi connectivity index (χ2n) is 9.78. The van der Waals surface area contributed by atoms with Crippen LogP contribution >= 0.6 is 0 Å². The Bertz CT molecular complexity index is 1430. The number of hydrogen-bond acceptors (Lipinski definition) is 1. The number of aryl methyl sites for hydroxylation is 3. The van der Waals surface area contributed by atoms with Gasteiger partial charge < -0.3 is 4.74 Å². The van der Waals surface area contributed by atoms with Gasteiger partial charge in [0.2, 0.25) is 0 Å². The molecule has 4 rings (SSSR count). The SMILES string of the molecule is CCCCCCCc1ccc(C#Cc2ccc3c(F)c(CCc4ccc(OC(F)(F)F)cc4)ccc3c2)cc1. The predicted octanol–water partition coefficient (Wildman–Crippen LogP) is 9.58. The lowest BCUT2D eigenvalue weighted by Gasteiger charge is -2.10. The van der Waals surface area contributed by atoms with Crippen LogP contribution in [0.1, 0.15) is 66.8 Å². The van der Waals surface area contributed by atoms with Crippen LogP contribution in [0.3, 0.4) is 0 Å². The van der Waals surface area contributed by atoms with E-state index < -0.39 is 6.36 Å². The van der Waals surface area contributed by atoms with Crippen LogP contribution in [0, 0.1) is 17.7 Å². The summed E-state index contributed by atoms with van der Waals surface area (Å²) in [6, 6.07) is 23.2. The van der Waals surface area contributed by atoms with Gasteiger partial charge in [0.1, 0.15) is 11.6 Å². The van der Waals surface area contributed by atoms with Crippen molar-refractivity contribution in [2.24, 2.45) is 0 Å². The summed E-state index contributed by atoms with van der Waals surface area (Å²) in [6.07, 6.45) is 3.66. The van der Waals surface area contributed by atoms with E-state index in [1.54, 1.807) is 24.3 Å². The lowest BCUT2D eigenvalue weighted by atomic mass is 9.99. The molecule has 39 heavy (non-hydrogen) atoms. The van der Waals surface area contributed by atoms with E-state index in [4.69, 9.17) is 0 Å². The van der Waals surface area contributed by atoms with Gasteiger partial charge in [-0.3, -0.25) is 0 Å². The Balaban J connectivity index is 1.36. The van der Waals surface area contributed by atoms with Crippen molar-refractivity contribution in [2.75, 3.05) is 0 Å². The molecule has 0 unspecified atom stereocenters. The van der Waals surface area contributed by atoms with Crippen LogP contribution in [0.2, 0.25) is 0 Å². The van der Waals surface area contributed by atoms with Crippen LogP contribution in [0.5, 0.6) is 5.75 Å². The zero-order valence-corrected chi connectivity index (χ0v) is 22.1. The molecule has 1 nitrogen and oxygen atoms in total. The van der Waals surface area contributed by atoms with Crippen molar-refractivity contribution < 1.29 is 22.3 Å². The van der Waals surface area contributed by atoms with Gasteiger partial charge in [-0.25, -0.2) is 4.39 Å². The van der Waals surface area contributed by atoms with E-state index in [1.807, 2.05) is 18.2 Å². The second-order valence-corrected chi connectivity index (χ2v) is 9.78. The molecule has 4 aromatic rings. The minimum Gasteiger partial charge on any atom is -0.406 e. The summed E-state index contributed by atoms with van der Waals surface area (Å²) in [5.41, 5.74) is 4.46. The van der Waals surface area contributed by atoms with Crippen LogP contribution in [-0.4, -0.2) is 6.36 Å². The lowest BCUT2D eigenvalue weighted by Crippen LogP contribution is -2.17. The third kappa shape index (κ3) is 8.61. The summed E-state index contributed by atoms with van der Waals surface area (Å²) in [6.45, 7) is 2.23. The van der Waals surface area contributed by atoms with Gasteiger partial charge in [0.25, 0.3) is 0 Å². The van der Waals surface area contributed by atoms with Crippen molar-refractivity contribution in [3.63, 3.8) is 0 Å². The van der Waals surface area contributed by atoms with Crippen molar-refractivity contribution in [2.45, 2.75) is 64.7 Å². The summed E-state index contributed by atoms with van der Waals surface area (Å²) in [4.78, 5) is 0. The first kappa shape index (κ1) is 28.2. The maximum absolute atomic E-state index is 15.2. The Morgan fingerprint density at radius 2 is 1.31 bits per heavy atom. The standard InChI is InChI=1S/C34H32F4O/c1-2-3-4-5-6-7-25-8-10-26(11-9-25)12-13-28-17-23-32-30(24-28)20-19-29(33(32)35)18-14-27-15-21-31(22-16-27)39-34(36,37)38/h8-11,15-17,19-24H,2-7,14,18H2,1H3. The summed E-state index contributed by atoms with van der Waals surface area (Å²) in [7, 11) is 0. The van der Waals surface area contributed by atoms with Gasteiger partial charge in [-0.05, 0) is 84.2 Å². The number of benzene rings is 4. The minimum atomic E-state index is -4.72. The maximum Gasteiger partial charge on any atom is 0.573 e. The molecule has 202 valence electrons. The molecule has 0 aliphatic heterocycles. The molecule has 0 aromatic heterocycles. The topological polar surface area (TPSA) is 9.23 Å². The number of alkyl halides is 3. The Kier molecular flexibility index (Phi) is 9.65. The van der Waals surface area contributed by atoms with E-state index in [1.165, 1.54) is 49.8 Å². The van der Waals surface area contributed by atoms with Gasteiger partial charge in [0.05, 0.1) is 0 Å². The first-order valence-corrected chi connectivity index (χ1v) is 13.5. The minimum absolute atomic E-state index is 0.271. The van der Waals surface area contributed by atoms with E-state index in [2.05, 4.69) is 47.8 Å². The predicted molar refractivity (Wildman–Crippen MR) is 149 cm³/mol. The molecule has 4 aromatic carbocycles. The fraction of sp³-hybridized carbons (Fsp3) is 0.294. The van der Waals surface area contributed by atoms with Crippen molar-refractivity contribution in [1.29, 1.82) is 0 Å². The third-order valence-corrected chi connectivity index (χ3v) is 6.75. The summed E-state index contributed by atoms with van der Waals surface area (Å²) in [5.74, 6) is 5.83. The van der Waals surface area contributed by atoms with Gasteiger partial charge in [0, 0.05) is 16.5 Å². The molecule has 0 atom stereocenters.